The third-order valence-electron chi connectivity index (χ3n) is 1.60. The van der Waals surface area contributed by atoms with Crippen LogP contribution in [0.5, 0.6) is 5.75 Å². The average molecular weight is 293 g/mol. The van der Waals surface area contributed by atoms with E-state index in [4.69, 9.17) is 5.73 Å². The summed E-state index contributed by atoms with van der Waals surface area (Å²) >= 11 is 0. The summed E-state index contributed by atoms with van der Waals surface area (Å²) in [6, 6.07) is 3.04. The molecule has 1 aromatic heterocycles. The molecule has 0 amide bonds. The van der Waals surface area contributed by atoms with Gasteiger partial charge in [0.1, 0.15) is 5.75 Å². The predicted molar refractivity (Wildman–Crippen MR) is 63.0 cm³/mol. The van der Waals surface area contributed by atoms with E-state index in [1.807, 2.05) is 0 Å². The van der Waals surface area contributed by atoms with Crippen molar-refractivity contribution < 1.29 is 17.9 Å². The number of nitrogens with zero attached hydrogens (tertiary/aromatic N) is 1. The fraction of sp³-hybridized carbons (Fsp3) is 0.444. The van der Waals surface area contributed by atoms with Crippen LogP contribution in [0.4, 0.5) is 13.2 Å². The first-order valence-corrected chi connectivity index (χ1v) is 4.36. The molecule has 8 heteroatoms. The minimum absolute atomic E-state index is 0. The molecule has 1 aromatic rings. The van der Waals surface area contributed by atoms with Gasteiger partial charge in [-0.15, -0.1) is 24.8 Å². The van der Waals surface area contributed by atoms with Gasteiger partial charge in [0.25, 0.3) is 0 Å². The Labute approximate surface area is 109 Å². The van der Waals surface area contributed by atoms with Gasteiger partial charge in [-0.3, -0.25) is 4.98 Å². The van der Waals surface area contributed by atoms with Crippen LogP contribution in [-0.4, -0.2) is 24.3 Å². The fourth-order valence-electron chi connectivity index (χ4n) is 0.957. The quantitative estimate of drug-likeness (QED) is 0.927. The van der Waals surface area contributed by atoms with E-state index in [0.717, 1.165) is 5.69 Å². The van der Waals surface area contributed by atoms with Gasteiger partial charge < -0.3 is 10.5 Å². The molecule has 0 saturated carbocycles. The monoisotopic (exact) mass is 292 g/mol. The minimum Gasteiger partial charge on any atom is -0.483 e. The predicted octanol–water partition coefficient (Wildman–Crippen LogP) is 2.37. The fourth-order valence-corrected chi connectivity index (χ4v) is 0.957. The number of nitrogens with two attached hydrogens (primary N) is 1. The first kappa shape index (κ1) is 18.6. The lowest BCUT2D eigenvalue weighted by Gasteiger charge is -2.08. The van der Waals surface area contributed by atoms with E-state index in [1.165, 1.54) is 12.3 Å². The first-order chi connectivity index (χ1) is 7.01. The van der Waals surface area contributed by atoms with Gasteiger partial charge in [-0.2, -0.15) is 13.2 Å². The maximum absolute atomic E-state index is 11.8. The Morgan fingerprint density at radius 1 is 1.24 bits per heavy atom. The highest BCUT2D eigenvalue weighted by molar-refractivity contribution is 5.85. The lowest BCUT2D eigenvalue weighted by Crippen LogP contribution is -2.19. The van der Waals surface area contributed by atoms with Gasteiger partial charge in [0.2, 0.25) is 0 Å². The van der Waals surface area contributed by atoms with E-state index in [-0.39, 0.29) is 30.6 Å². The van der Waals surface area contributed by atoms with Crippen molar-refractivity contribution in [2.24, 2.45) is 5.73 Å². The molecule has 1 rings (SSSR count). The molecule has 100 valence electrons. The van der Waals surface area contributed by atoms with E-state index >= 15 is 0 Å². The average Bonchev–Trinajstić information content (AvgIpc) is 2.16. The number of hydrogen-bond acceptors (Lipinski definition) is 3. The van der Waals surface area contributed by atoms with Gasteiger partial charge in [0.05, 0.1) is 6.20 Å². The summed E-state index contributed by atoms with van der Waals surface area (Å²) in [6.45, 7) is -0.847. The zero-order chi connectivity index (χ0) is 11.3. The van der Waals surface area contributed by atoms with Gasteiger partial charge in [0, 0.05) is 12.1 Å². The zero-order valence-corrected chi connectivity index (χ0v) is 10.4. The van der Waals surface area contributed by atoms with Gasteiger partial charge in [-0.1, -0.05) is 0 Å². The molecule has 0 atom stereocenters. The first-order valence-electron chi connectivity index (χ1n) is 4.36. The largest absolute Gasteiger partial charge is 0.483 e. The molecule has 2 N–H and O–H groups in total. The summed E-state index contributed by atoms with van der Waals surface area (Å²) in [5.74, 6) is 0.105. The standard InChI is InChI=1S/C9H11F3N2O.2ClH/c10-9(11,12)6-15-8-2-1-7(3-4-13)14-5-8;;/h1-2,5H,3-4,6,13H2;2*1H. The molecule has 0 radical (unpaired) electrons. The van der Waals surface area contributed by atoms with Crippen molar-refractivity contribution in [3.05, 3.63) is 24.0 Å². The highest BCUT2D eigenvalue weighted by Gasteiger charge is 2.28. The summed E-state index contributed by atoms with van der Waals surface area (Å²) in [5, 5.41) is 0. The van der Waals surface area contributed by atoms with Crippen LogP contribution in [0.3, 0.4) is 0 Å². The number of pyridine rings is 1. The molecular weight excluding hydrogens is 280 g/mol. The SMILES string of the molecule is Cl.Cl.NCCc1ccc(OCC(F)(F)F)cn1. The molecule has 1 heterocycles. The molecule has 0 aliphatic rings. The van der Waals surface area contributed by atoms with Crippen molar-refractivity contribution in [2.75, 3.05) is 13.2 Å². The van der Waals surface area contributed by atoms with Gasteiger partial charge >= 0.3 is 6.18 Å². The van der Waals surface area contributed by atoms with E-state index in [9.17, 15) is 13.2 Å². The van der Waals surface area contributed by atoms with Gasteiger partial charge in [0.15, 0.2) is 6.61 Å². The molecule has 3 nitrogen and oxygen atoms in total. The number of hydrogen-bond donors (Lipinski definition) is 1. The minimum atomic E-state index is -4.32. The topological polar surface area (TPSA) is 48.1 Å². The smallest absolute Gasteiger partial charge is 0.422 e. The molecule has 0 aliphatic carbocycles. The zero-order valence-electron chi connectivity index (χ0n) is 8.74. The van der Waals surface area contributed by atoms with Crippen LogP contribution in [0.1, 0.15) is 5.69 Å². The van der Waals surface area contributed by atoms with Crippen molar-refractivity contribution in [2.45, 2.75) is 12.6 Å². The summed E-state index contributed by atoms with van der Waals surface area (Å²) in [5.41, 5.74) is 6.03. The van der Waals surface area contributed by atoms with Crippen molar-refractivity contribution in [1.82, 2.24) is 4.98 Å². The number of ether oxygens (including phenoxy) is 1. The number of halogens is 5. The molecule has 0 fully saturated rings. The van der Waals surface area contributed by atoms with Crippen molar-refractivity contribution in [1.29, 1.82) is 0 Å². The molecule has 0 spiro atoms. The Morgan fingerprint density at radius 2 is 1.88 bits per heavy atom. The lowest BCUT2D eigenvalue weighted by atomic mass is 10.3. The molecule has 0 aromatic carbocycles. The summed E-state index contributed by atoms with van der Waals surface area (Å²) < 4.78 is 39.8. The highest BCUT2D eigenvalue weighted by Crippen LogP contribution is 2.17. The Bertz CT molecular complexity index is 306. The molecule has 0 aliphatic heterocycles. The summed E-state index contributed by atoms with van der Waals surface area (Å²) in [4.78, 5) is 3.90. The molecule has 17 heavy (non-hydrogen) atoms. The van der Waals surface area contributed by atoms with Crippen LogP contribution in [0.25, 0.3) is 0 Å². The van der Waals surface area contributed by atoms with Crippen LogP contribution in [-0.2, 0) is 6.42 Å². The highest BCUT2D eigenvalue weighted by atomic mass is 35.5. The maximum Gasteiger partial charge on any atom is 0.422 e. The third-order valence-corrected chi connectivity index (χ3v) is 1.60. The molecular formula is C9H13Cl2F3N2O. The molecule has 0 bridgehead atoms. The lowest BCUT2D eigenvalue weighted by molar-refractivity contribution is -0.153. The second-order valence-electron chi connectivity index (χ2n) is 2.93. The Hall–Kier alpha value is -0.720. The van der Waals surface area contributed by atoms with Crippen molar-refractivity contribution >= 4 is 24.8 Å². The van der Waals surface area contributed by atoms with E-state index in [1.54, 1.807) is 6.07 Å². The van der Waals surface area contributed by atoms with Crippen molar-refractivity contribution in [3.63, 3.8) is 0 Å². The summed E-state index contributed by atoms with van der Waals surface area (Å²) in [7, 11) is 0. The molecule has 0 saturated heterocycles. The van der Waals surface area contributed by atoms with Gasteiger partial charge in [-0.25, -0.2) is 0 Å². The normalized spacial score (nSPS) is 10.1. The van der Waals surface area contributed by atoms with Crippen LogP contribution in [0.15, 0.2) is 18.3 Å². The number of alkyl halides is 3. The van der Waals surface area contributed by atoms with E-state index in [0.29, 0.717) is 13.0 Å². The Balaban J connectivity index is 0. The second kappa shape index (κ2) is 8.38. The Kier molecular flexibility index (Phi) is 9.19. The maximum atomic E-state index is 11.8. The Morgan fingerprint density at radius 3 is 2.29 bits per heavy atom. The molecule has 0 unspecified atom stereocenters. The second-order valence-corrected chi connectivity index (χ2v) is 2.93. The van der Waals surface area contributed by atoms with Crippen molar-refractivity contribution in [3.8, 4) is 5.75 Å². The number of aromatic nitrogens is 1. The van der Waals surface area contributed by atoms with Crippen LogP contribution in [0, 0.1) is 0 Å². The van der Waals surface area contributed by atoms with E-state index < -0.39 is 12.8 Å². The summed E-state index contributed by atoms with van der Waals surface area (Å²) in [6.07, 6.45) is -2.47. The van der Waals surface area contributed by atoms with Crippen LogP contribution >= 0.6 is 24.8 Å². The van der Waals surface area contributed by atoms with Crippen LogP contribution < -0.4 is 10.5 Å². The van der Waals surface area contributed by atoms with Gasteiger partial charge in [-0.05, 0) is 18.7 Å². The van der Waals surface area contributed by atoms with Crippen LogP contribution in [0.2, 0.25) is 0 Å². The number of rotatable bonds is 4. The third kappa shape index (κ3) is 8.06. The van der Waals surface area contributed by atoms with E-state index in [2.05, 4.69) is 9.72 Å².